The Bertz CT molecular complexity index is 568. The molecule has 0 heterocycles. The van der Waals surface area contributed by atoms with Crippen LogP contribution in [-0.2, 0) is 9.59 Å². The third-order valence-corrected chi connectivity index (χ3v) is 3.60. The molecular formula is C14H13Cl2NO3. The molecule has 1 saturated carbocycles. The first-order valence-corrected chi connectivity index (χ1v) is 6.89. The maximum absolute atomic E-state index is 11.7. The van der Waals surface area contributed by atoms with Gasteiger partial charge in [0.1, 0.15) is 6.04 Å². The van der Waals surface area contributed by atoms with Crippen LogP contribution >= 0.6 is 23.2 Å². The first-order valence-electron chi connectivity index (χ1n) is 6.14. The Morgan fingerprint density at radius 2 is 2.05 bits per heavy atom. The highest BCUT2D eigenvalue weighted by Gasteiger charge is 2.36. The standard InChI is InChI=1S/C14H13Cl2NO3/c15-10-5-3-8(11(16)7-10)4-6-12(18)17-13(14(19)20)9-1-2-9/h3-7,9,13H,1-2H2,(H,17,18)(H,19,20). The molecule has 0 saturated heterocycles. The monoisotopic (exact) mass is 313 g/mol. The average molecular weight is 314 g/mol. The van der Waals surface area contributed by atoms with E-state index in [9.17, 15) is 9.59 Å². The molecule has 0 radical (unpaired) electrons. The first-order chi connectivity index (χ1) is 9.47. The summed E-state index contributed by atoms with van der Waals surface area (Å²) in [7, 11) is 0. The number of aliphatic carboxylic acids is 1. The van der Waals surface area contributed by atoms with Gasteiger partial charge in [0, 0.05) is 16.1 Å². The number of carbonyl (C=O) groups is 2. The lowest BCUT2D eigenvalue weighted by Crippen LogP contribution is -2.41. The molecule has 1 unspecified atom stereocenters. The van der Waals surface area contributed by atoms with Crippen molar-refractivity contribution in [1.82, 2.24) is 5.32 Å². The van der Waals surface area contributed by atoms with E-state index in [2.05, 4.69) is 5.32 Å². The van der Waals surface area contributed by atoms with Crippen molar-refractivity contribution in [2.45, 2.75) is 18.9 Å². The first kappa shape index (κ1) is 14.9. The largest absolute Gasteiger partial charge is 0.480 e. The molecule has 0 aliphatic heterocycles. The molecule has 2 rings (SSSR count). The van der Waals surface area contributed by atoms with E-state index >= 15 is 0 Å². The van der Waals surface area contributed by atoms with E-state index in [0.29, 0.717) is 15.6 Å². The number of carboxylic acids is 1. The number of benzene rings is 1. The molecule has 1 aliphatic rings. The SMILES string of the molecule is O=C(C=Cc1ccc(Cl)cc1Cl)NC(C(=O)O)C1CC1. The van der Waals surface area contributed by atoms with E-state index in [-0.39, 0.29) is 5.92 Å². The van der Waals surface area contributed by atoms with E-state index in [1.165, 1.54) is 12.2 Å². The normalized spacial score (nSPS) is 16.1. The number of halogens is 2. The number of hydrogen-bond donors (Lipinski definition) is 2. The average Bonchev–Trinajstić information content (AvgIpc) is 3.18. The van der Waals surface area contributed by atoms with Gasteiger partial charge in [-0.3, -0.25) is 4.79 Å². The van der Waals surface area contributed by atoms with Crippen molar-refractivity contribution >= 4 is 41.2 Å². The molecule has 1 amide bonds. The van der Waals surface area contributed by atoms with Gasteiger partial charge in [-0.1, -0.05) is 29.3 Å². The van der Waals surface area contributed by atoms with Crippen LogP contribution < -0.4 is 5.32 Å². The number of rotatable bonds is 5. The number of hydrogen-bond acceptors (Lipinski definition) is 2. The molecule has 6 heteroatoms. The number of carboxylic acid groups (broad SMARTS) is 1. The van der Waals surface area contributed by atoms with Gasteiger partial charge in [0.2, 0.25) is 5.91 Å². The van der Waals surface area contributed by atoms with Gasteiger partial charge in [-0.05, 0) is 42.5 Å². The van der Waals surface area contributed by atoms with Gasteiger partial charge in [-0.25, -0.2) is 4.79 Å². The van der Waals surface area contributed by atoms with Crippen LogP contribution in [0.15, 0.2) is 24.3 Å². The summed E-state index contributed by atoms with van der Waals surface area (Å²) in [5, 5.41) is 12.4. The summed E-state index contributed by atoms with van der Waals surface area (Å²) >= 11 is 11.7. The lowest BCUT2D eigenvalue weighted by atomic mass is 10.1. The lowest BCUT2D eigenvalue weighted by Gasteiger charge is -2.11. The van der Waals surface area contributed by atoms with Crippen molar-refractivity contribution in [2.24, 2.45) is 5.92 Å². The summed E-state index contributed by atoms with van der Waals surface area (Å²) in [5.41, 5.74) is 0.643. The van der Waals surface area contributed by atoms with Crippen LogP contribution in [0.5, 0.6) is 0 Å². The van der Waals surface area contributed by atoms with Gasteiger partial charge < -0.3 is 10.4 Å². The smallest absolute Gasteiger partial charge is 0.326 e. The third-order valence-electron chi connectivity index (χ3n) is 3.03. The van der Waals surface area contributed by atoms with E-state index in [0.717, 1.165) is 12.8 Å². The Morgan fingerprint density at radius 3 is 2.60 bits per heavy atom. The zero-order valence-corrected chi connectivity index (χ0v) is 12.0. The molecule has 1 aromatic rings. The predicted octanol–water partition coefficient (Wildman–Crippen LogP) is 2.99. The summed E-state index contributed by atoms with van der Waals surface area (Å²) in [6.07, 6.45) is 4.47. The Hall–Kier alpha value is -1.52. The second-order valence-electron chi connectivity index (χ2n) is 4.66. The summed E-state index contributed by atoms with van der Waals surface area (Å²) in [6, 6.07) is 4.11. The van der Waals surface area contributed by atoms with Gasteiger partial charge in [-0.15, -0.1) is 0 Å². The van der Waals surface area contributed by atoms with Crippen LogP contribution in [0.2, 0.25) is 10.0 Å². The van der Waals surface area contributed by atoms with Crippen molar-refractivity contribution in [3.63, 3.8) is 0 Å². The molecule has 0 aromatic heterocycles. The van der Waals surface area contributed by atoms with Gasteiger partial charge in [0.05, 0.1) is 0 Å². The van der Waals surface area contributed by atoms with E-state index < -0.39 is 17.9 Å². The van der Waals surface area contributed by atoms with Crippen molar-refractivity contribution < 1.29 is 14.7 Å². The molecule has 20 heavy (non-hydrogen) atoms. The molecule has 1 aromatic carbocycles. The molecular weight excluding hydrogens is 301 g/mol. The molecule has 4 nitrogen and oxygen atoms in total. The summed E-state index contributed by atoms with van der Waals surface area (Å²) < 4.78 is 0. The van der Waals surface area contributed by atoms with Crippen LogP contribution in [0.1, 0.15) is 18.4 Å². The van der Waals surface area contributed by atoms with Gasteiger partial charge in [0.25, 0.3) is 0 Å². The highest BCUT2D eigenvalue weighted by atomic mass is 35.5. The topological polar surface area (TPSA) is 66.4 Å². The molecule has 0 bridgehead atoms. The fraction of sp³-hybridized carbons (Fsp3) is 0.286. The van der Waals surface area contributed by atoms with Crippen LogP contribution in [0.4, 0.5) is 0 Å². The summed E-state index contributed by atoms with van der Waals surface area (Å²) in [4.78, 5) is 22.7. The Kier molecular flexibility index (Phi) is 4.68. The van der Waals surface area contributed by atoms with Crippen LogP contribution in [-0.4, -0.2) is 23.0 Å². The fourth-order valence-electron chi connectivity index (χ4n) is 1.81. The zero-order chi connectivity index (χ0) is 14.7. The number of carbonyl (C=O) groups excluding carboxylic acids is 1. The molecule has 1 atom stereocenters. The number of nitrogens with one attached hydrogen (secondary N) is 1. The third kappa shape index (κ3) is 3.99. The predicted molar refractivity (Wildman–Crippen MR) is 77.8 cm³/mol. The minimum Gasteiger partial charge on any atom is -0.480 e. The van der Waals surface area contributed by atoms with Crippen LogP contribution in [0, 0.1) is 5.92 Å². The highest BCUT2D eigenvalue weighted by Crippen LogP contribution is 2.32. The Labute approximate surface area is 126 Å². The van der Waals surface area contributed by atoms with Gasteiger partial charge in [0.15, 0.2) is 0 Å². The fourth-order valence-corrected chi connectivity index (χ4v) is 2.29. The molecule has 1 aliphatic carbocycles. The maximum atomic E-state index is 11.7. The van der Waals surface area contributed by atoms with Gasteiger partial charge in [-0.2, -0.15) is 0 Å². The second kappa shape index (κ2) is 6.29. The molecule has 0 spiro atoms. The van der Waals surface area contributed by atoms with E-state index in [4.69, 9.17) is 28.3 Å². The van der Waals surface area contributed by atoms with E-state index in [1.807, 2.05) is 0 Å². The van der Waals surface area contributed by atoms with Crippen molar-refractivity contribution in [2.75, 3.05) is 0 Å². The quantitative estimate of drug-likeness (QED) is 0.821. The lowest BCUT2D eigenvalue weighted by molar-refractivity contribution is -0.141. The van der Waals surface area contributed by atoms with Crippen LogP contribution in [0.25, 0.3) is 6.08 Å². The Balaban J connectivity index is 1.99. The summed E-state index contributed by atoms with van der Waals surface area (Å²) in [6.45, 7) is 0. The zero-order valence-electron chi connectivity index (χ0n) is 10.5. The van der Waals surface area contributed by atoms with Crippen molar-refractivity contribution in [3.8, 4) is 0 Å². The second-order valence-corrected chi connectivity index (χ2v) is 5.50. The molecule has 2 N–H and O–H groups in total. The molecule has 106 valence electrons. The minimum atomic E-state index is -1.00. The van der Waals surface area contributed by atoms with Crippen molar-refractivity contribution in [1.29, 1.82) is 0 Å². The van der Waals surface area contributed by atoms with Crippen LogP contribution in [0.3, 0.4) is 0 Å². The van der Waals surface area contributed by atoms with Gasteiger partial charge >= 0.3 is 5.97 Å². The minimum absolute atomic E-state index is 0.0453. The van der Waals surface area contributed by atoms with E-state index in [1.54, 1.807) is 18.2 Å². The number of amides is 1. The van der Waals surface area contributed by atoms with Crippen molar-refractivity contribution in [3.05, 3.63) is 39.9 Å². The summed E-state index contributed by atoms with van der Waals surface area (Å²) in [5.74, 6) is -1.40. The Morgan fingerprint density at radius 1 is 1.35 bits per heavy atom. The maximum Gasteiger partial charge on any atom is 0.326 e. The molecule has 1 fully saturated rings. The highest BCUT2D eigenvalue weighted by molar-refractivity contribution is 6.35.